The Hall–Kier alpha value is -2.20. The molecule has 0 unspecified atom stereocenters. The number of hydrogen-bond acceptors (Lipinski definition) is 3. The first-order chi connectivity index (χ1) is 8.36. The predicted molar refractivity (Wildman–Crippen MR) is 67.2 cm³/mol. The zero-order valence-corrected chi connectivity index (χ0v) is 9.22. The van der Waals surface area contributed by atoms with Crippen molar-refractivity contribution in [3.8, 4) is 11.4 Å². The fraction of sp³-hybridized carbons (Fsp3) is 0.0769. The van der Waals surface area contributed by atoms with Crippen molar-refractivity contribution in [3.63, 3.8) is 0 Å². The molecule has 0 atom stereocenters. The van der Waals surface area contributed by atoms with Gasteiger partial charge in [0.15, 0.2) is 5.82 Å². The van der Waals surface area contributed by atoms with Crippen molar-refractivity contribution in [2.24, 2.45) is 5.73 Å². The van der Waals surface area contributed by atoms with Crippen LogP contribution >= 0.6 is 0 Å². The molecule has 3 N–H and O–H groups in total. The van der Waals surface area contributed by atoms with Gasteiger partial charge in [-0.3, -0.25) is 5.10 Å². The van der Waals surface area contributed by atoms with Crippen molar-refractivity contribution in [2.45, 2.75) is 6.54 Å². The molecule has 3 rings (SSSR count). The van der Waals surface area contributed by atoms with Gasteiger partial charge in [0.1, 0.15) is 5.82 Å². The molecule has 1 aromatic heterocycles. The van der Waals surface area contributed by atoms with Crippen LogP contribution in [0.25, 0.3) is 22.2 Å². The van der Waals surface area contributed by atoms with Gasteiger partial charge in [-0.2, -0.15) is 5.10 Å². The number of aromatic nitrogens is 3. The van der Waals surface area contributed by atoms with E-state index in [4.69, 9.17) is 5.73 Å². The van der Waals surface area contributed by atoms with Crippen LogP contribution in [0.1, 0.15) is 5.82 Å². The first kappa shape index (κ1) is 9.99. The molecule has 0 aliphatic heterocycles. The largest absolute Gasteiger partial charge is 0.324 e. The summed E-state index contributed by atoms with van der Waals surface area (Å²) in [7, 11) is 0. The maximum Gasteiger partial charge on any atom is 0.181 e. The van der Waals surface area contributed by atoms with Crippen LogP contribution < -0.4 is 5.73 Å². The standard InChI is InChI=1S/C13H12N4/c14-8-12-15-13(17-16-12)11-6-5-9-3-1-2-4-10(9)7-11/h1-7H,8,14H2,(H,15,16,17). The number of nitrogens with two attached hydrogens (primary N) is 1. The fourth-order valence-electron chi connectivity index (χ4n) is 1.84. The van der Waals surface area contributed by atoms with Gasteiger partial charge in [0, 0.05) is 5.56 Å². The summed E-state index contributed by atoms with van der Waals surface area (Å²) in [6.45, 7) is 0.376. The van der Waals surface area contributed by atoms with Crippen LogP contribution in [0, 0.1) is 0 Å². The summed E-state index contributed by atoms with van der Waals surface area (Å²) in [5.74, 6) is 1.39. The van der Waals surface area contributed by atoms with Crippen LogP contribution in [0.3, 0.4) is 0 Å². The summed E-state index contributed by atoms with van der Waals surface area (Å²) in [5, 5.41) is 9.36. The average molecular weight is 224 g/mol. The number of H-pyrrole nitrogens is 1. The van der Waals surface area contributed by atoms with E-state index in [0.29, 0.717) is 18.2 Å². The Morgan fingerprint density at radius 1 is 1.06 bits per heavy atom. The summed E-state index contributed by atoms with van der Waals surface area (Å²) in [5.41, 5.74) is 6.50. The van der Waals surface area contributed by atoms with Crippen molar-refractivity contribution >= 4 is 10.8 Å². The molecule has 0 spiro atoms. The quantitative estimate of drug-likeness (QED) is 0.700. The van der Waals surface area contributed by atoms with E-state index in [0.717, 1.165) is 5.56 Å². The first-order valence-corrected chi connectivity index (χ1v) is 5.47. The second-order valence-electron chi connectivity index (χ2n) is 3.87. The highest BCUT2D eigenvalue weighted by atomic mass is 15.2. The Bertz CT molecular complexity index is 657. The van der Waals surface area contributed by atoms with Crippen molar-refractivity contribution in [3.05, 3.63) is 48.3 Å². The molecule has 0 saturated heterocycles. The topological polar surface area (TPSA) is 67.6 Å². The predicted octanol–water partition coefficient (Wildman–Crippen LogP) is 2.08. The van der Waals surface area contributed by atoms with Gasteiger partial charge in [-0.05, 0) is 16.8 Å². The van der Waals surface area contributed by atoms with Gasteiger partial charge in [-0.25, -0.2) is 4.98 Å². The number of hydrogen-bond donors (Lipinski definition) is 2. The second kappa shape index (κ2) is 3.99. The maximum atomic E-state index is 5.50. The molecule has 0 radical (unpaired) electrons. The lowest BCUT2D eigenvalue weighted by atomic mass is 10.1. The highest BCUT2D eigenvalue weighted by molar-refractivity contribution is 5.86. The summed E-state index contributed by atoms with van der Waals surface area (Å²) in [6.07, 6.45) is 0. The third kappa shape index (κ3) is 1.79. The summed E-state index contributed by atoms with van der Waals surface area (Å²) >= 11 is 0. The van der Waals surface area contributed by atoms with Crippen molar-refractivity contribution in [1.82, 2.24) is 15.2 Å². The number of aromatic amines is 1. The molecule has 3 aromatic rings. The van der Waals surface area contributed by atoms with Gasteiger partial charge < -0.3 is 5.73 Å². The molecule has 0 amide bonds. The maximum absolute atomic E-state index is 5.50. The third-order valence-corrected chi connectivity index (χ3v) is 2.73. The minimum Gasteiger partial charge on any atom is -0.324 e. The lowest BCUT2D eigenvalue weighted by Gasteiger charge is -1.99. The lowest BCUT2D eigenvalue weighted by Crippen LogP contribution is -1.97. The molecule has 17 heavy (non-hydrogen) atoms. The second-order valence-corrected chi connectivity index (χ2v) is 3.87. The molecule has 0 aliphatic rings. The minimum absolute atomic E-state index is 0.376. The lowest BCUT2D eigenvalue weighted by molar-refractivity contribution is 0.917. The number of nitrogens with zero attached hydrogens (tertiary/aromatic N) is 2. The van der Waals surface area contributed by atoms with E-state index in [-0.39, 0.29) is 0 Å². The van der Waals surface area contributed by atoms with Gasteiger partial charge in [-0.1, -0.05) is 36.4 Å². The van der Waals surface area contributed by atoms with Crippen LogP contribution in [0.15, 0.2) is 42.5 Å². The summed E-state index contributed by atoms with van der Waals surface area (Å²) < 4.78 is 0. The molecule has 0 aliphatic carbocycles. The molecule has 84 valence electrons. The van der Waals surface area contributed by atoms with Gasteiger partial charge in [0.25, 0.3) is 0 Å². The smallest absolute Gasteiger partial charge is 0.181 e. The molecule has 4 nitrogen and oxygen atoms in total. The molecule has 0 saturated carbocycles. The van der Waals surface area contributed by atoms with E-state index in [1.54, 1.807) is 0 Å². The van der Waals surface area contributed by atoms with Crippen LogP contribution in [0.5, 0.6) is 0 Å². The van der Waals surface area contributed by atoms with Crippen LogP contribution in [0.4, 0.5) is 0 Å². The molecule has 1 heterocycles. The zero-order valence-electron chi connectivity index (χ0n) is 9.22. The van der Waals surface area contributed by atoms with Crippen molar-refractivity contribution in [2.75, 3.05) is 0 Å². The molecule has 0 bridgehead atoms. The van der Waals surface area contributed by atoms with Crippen LogP contribution in [0.2, 0.25) is 0 Å². The molecular formula is C13H12N4. The van der Waals surface area contributed by atoms with E-state index in [1.807, 2.05) is 18.2 Å². The summed E-state index contributed by atoms with van der Waals surface area (Å²) in [4.78, 5) is 4.31. The SMILES string of the molecule is NCc1nc(-c2ccc3ccccc3c2)n[nH]1. The van der Waals surface area contributed by atoms with Gasteiger partial charge in [-0.15, -0.1) is 0 Å². The van der Waals surface area contributed by atoms with E-state index in [2.05, 4.69) is 39.4 Å². The highest BCUT2D eigenvalue weighted by Crippen LogP contribution is 2.21. The van der Waals surface area contributed by atoms with E-state index < -0.39 is 0 Å². The Balaban J connectivity index is 2.11. The van der Waals surface area contributed by atoms with E-state index >= 15 is 0 Å². The first-order valence-electron chi connectivity index (χ1n) is 5.47. The van der Waals surface area contributed by atoms with E-state index in [9.17, 15) is 0 Å². The number of rotatable bonds is 2. The Labute approximate surface area is 98.5 Å². The number of fused-ring (bicyclic) bond motifs is 1. The van der Waals surface area contributed by atoms with Gasteiger partial charge >= 0.3 is 0 Å². The molecule has 0 fully saturated rings. The third-order valence-electron chi connectivity index (χ3n) is 2.73. The Morgan fingerprint density at radius 2 is 1.88 bits per heavy atom. The Morgan fingerprint density at radius 3 is 2.65 bits per heavy atom. The van der Waals surface area contributed by atoms with Crippen molar-refractivity contribution in [1.29, 1.82) is 0 Å². The molecule has 4 heteroatoms. The average Bonchev–Trinajstić information content (AvgIpc) is 2.87. The van der Waals surface area contributed by atoms with Gasteiger partial charge in [0.2, 0.25) is 0 Å². The van der Waals surface area contributed by atoms with E-state index in [1.165, 1.54) is 10.8 Å². The fourth-order valence-corrected chi connectivity index (χ4v) is 1.84. The van der Waals surface area contributed by atoms with Gasteiger partial charge in [0.05, 0.1) is 6.54 Å². The Kier molecular flexibility index (Phi) is 2.34. The minimum atomic E-state index is 0.376. The normalized spacial score (nSPS) is 10.9. The monoisotopic (exact) mass is 224 g/mol. The zero-order chi connectivity index (χ0) is 11.7. The molecular weight excluding hydrogens is 212 g/mol. The molecule has 2 aromatic carbocycles. The van der Waals surface area contributed by atoms with Crippen LogP contribution in [-0.2, 0) is 6.54 Å². The summed E-state index contributed by atoms with van der Waals surface area (Å²) in [6, 6.07) is 14.4. The highest BCUT2D eigenvalue weighted by Gasteiger charge is 2.05. The number of benzene rings is 2. The van der Waals surface area contributed by atoms with Crippen molar-refractivity contribution < 1.29 is 0 Å². The van der Waals surface area contributed by atoms with Crippen LogP contribution in [-0.4, -0.2) is 15.2 Å². The number of nitrogens with one attached hydrogen (secondary N) is 1.